The number of rotatable bonds is 9. The number of thiazole rings is 1. The minimum absolute atomic E-state index is 0.138. The molecule has 1 aliphatic carbocycles. The van der Waals surface area contributed by atoms with Crippen molar-refractivity contribution in [2.24, 2.45) is 0 Å². The maximum Gasteiger partial charge on any atom is 0.315 e. The molecular formula is C15H24N2O3S. The van der Waals surface area contributed by atoms with E-state index >= 15 is 0 Å². The van der Waals surface area contributed by atoms with E-state index in [4.69, 9.17) is 9.47 Å². The molecule has 1 unspecified atom stereocenters. The predicted octanol–water partition coefficient (Wildman–Crippen LogP) is 2.96. The van der Waals surface area contributed by atoms with Crippen LogP contribution < -0.4 is 5.32 Å². The Hall–Kier alpha value is -1.14. The Kier molecular flexibility index (Phi) is 6.45. The maximum absolute atomic E-state index is 11.9. The first-order valence-electron chi connectivity index (χ1n) is 7.74. The molecule has 1 atom stereocenters. The van der Waals surface area contributed by atoms with E-state index < -0.39 is 0 Å². The Morgan fingerprint density at radius 1 is 1.43 bits per heavy atom. The van der Waals surface area contributed by atoms with E-state index in [0.717, 1.165) is 56.3 Å². The number of anilines is 1. The summed E-state index contributed by atoms with van der Waals surface area (Å²) in [5.41, 5.74) is 0.920. The van der Waals surface area contributed by atoms with Gasteiger partial charge in [-0.15, -0.1) is 11.3 Å². The second kappa shape index (κ2) is 8.34. The van der Waals surface area contributed by atoms with Crippen molar-refractivity contribution >= 4 is 22.4 Å². The van der Waals surface area contributed by atoms with Crippen LogP contribution in [-0.4, -0.2) is 37.3 Å². The highest BCUT2D eigenvalue weighted by atomic mass is 32.1. The van der Waals surface area contributed by atoms with Crippen LogP contribution in [0.4, 0.5) is 5.13 Å². The molecule has 1 N–H and O–H groups in total. The van der Waals surface area contributed by atoms with Crippen molar-refractivity contribution < 1.29 is 14.3 Å². The molecule has 21 heavy (non-hydrogen) atoms. The van der Waals surface area contributed by atoms with Crippen LogP contribution in [0.15, 0.2) is 0 Å². The van der Waals surface area contributed by atoms with Gasteiger partial charge in [-0.2, -0.15) is 0 Å². The number of esters is 1. The monoisotopic (exact) mass is 312 g/mol. The van der Waals surface area contributed by atoms with E-state index in [2.05, 4.69) is 17.2 Å². The van der Waals surface area contributed by atoms with Crippen LogP contribution in [0.25, 0.3) is 0 Å². The number of nitrogens with one attached hydrogen (secondary N) is 1. The fourth-order valence-corrected chi connectivity index (χ4v) is 3.45. The van der Waals surface area contributed by atoms with Gasteiger partial charge in [0, 0.05) is 24.6 Å². The molecule has 6 heteroatoms. The van der Waals surface area contributed by atoms with Crippen LogP contribution in [0.3, 0.4) is 0 Å². The summed E-state index contributed by atoms with van der Waals surface area (Å²) in [7, 11) is 0. The average molecular weight is 312 g/mol. The lowest BCUT2D eigenvalue weighted by Gasteiger charge is -2.08. The molecule has 1 heterocycles. The molecule has 1 aromatic heterocycles. The molecule has 0 saturated carbocycles. The van der Waals surface area contributed by atoms with Gasteiger partial charge in [0.25, 0.3) is 0 Å². The Bertz CT molecular complexity index is 462. The second-order valence-corrected chi connectivity index (χ2v) is 6.15. The SMILES string of the molecule is CCCOCCCNc1nc2c(s1)CCC2C(=O)OCC. The summed E-state index contributed by atoms with van der Waals surface area (Å²) in [6.07, 6.45) is 3.78. The number of carbonyl (C=O) groups excluding carboxylic acids is 1. The van der Waals surface area contributed by atoms with Gasteiger partial charge in [0.2, 0.25) is 0 Å². The molecule has 0 bridgehead atoms. The predicted molar refractivity (Wildman–Crippen MR) is 84.0 cm³/mol. The Morgan fingerprint density at radius 2 is 2.29 bits per heavy atom. The van der Waals surface area contributed by atoms with Crippen molar-refractivity contribution in [3.8, 4) is 0 Å². The fraction of sp³-hybridized carbons (Fsp3) is 0.733. The summed E-state index contributed by atoms with van der Waals surface area (Å²) in [4.78, 5) is 17.7. The van der Waals surface area contributed by atoms with Crippen molar-refractivity contribution in [1.29, 1.82) is 0 Å². The molecule has 0 amide bonds. The van der Waals surface area contributed by atoms with Crippen molar-refractivity contribution in [3.05, 3.63) is 10.6 Å². The quantitative estimate of drug-likeness (QED) is 0.561. The third-order valence-electron chi connectivity index (χ3n) is 3.38. The van der Waals surface area contributed by atoms with Gasteiger partial charge in [0.05, 0.1) is 12.3 Å². The summed E-state index contributed by atoms with van der Waals surface area (Å²) in [5, 5.41) is 4.22. The normalized spacial score (nSPS) is 16.8. The van der Waals surface area contributed by atoms with Gasteiger partial charge in [0.1, 0.15) is 5.92 Å². The van der Waals surface area contributed by atoms with Gasteiger partial charge >= 0.3 is 5.97 Å². The highest BCUT2D eigenvalue weighted by Crippen LogP contribution is 2.38. The molecule has 1 aliphatic rings. The third-order valence-corrected chi connectivity index (χ3v) is 4.47. The number of carbonyl (C=O) groups is 1. The van der Waals surface area contributed by atoms with Crippen LogP contribution in [0.2, 0.25) is 0 Å². The van der Waals surface area contributed by atoms with Gasteiger partial charge in [-0.3, -0.25) is 4.79 Å². The van der Waals surface area contributed by atoms with Crippen molar-refractivity contribution in [2.75, 3.05) is 31.7 Å². The lowest BCUT2D eigenvalue weighted by atomic mass is 10.1. The van der Waals surface area contributed by atoms with Crippen LogP contribution in [0.1, 0.15) is 49.6 Å². The van der Waals surface area contributed by atoms with Crippen molar-refractivity contribution in [1.82, 2.24) is 4.98 Å². The molecule has 1 aromatic rings. The Labute approximate surface area is 130 Å². The van der Waals surface area contributed by atoms with Gasteiger partial charge in [-0.05, 0) is 32.6 Å². The van der Waals surface area contributed by atoms with E-state index in [1.807, 2.05) is 6.92 Å². The van der Waals surface area contributed by atoms with Crippen LogP contribution >= 0.6 is 11.3 Å². The topological polar surface area (TPSA) is 60.5 Å². The van der Waals surface area contributed by atoms with Gasteiger partial charge in [-0.25, -0.2) is 4.98 Å². The zero-order valence-corrected chi connectivity index (χ0v) is 13.6. The Morgan fingerprint density at radius 3 is 3.05 bits per heavy atom. The number of ether oxygens (including phenoxy) is 2. The van der Waals surface area contributed by atoms with Crippen LogP contribution in [0, 0.1) is 0 Å². The molecule has 2 rings (SSSR count). The number of aromatic nitrogens is 1. The molecule has 0 aliphatic heterocycles. The number of nitrogens with zero attached hydrogens (tertiary/aromatic N) is 1. The highest BCUT2D eigenvalue weighted by molar-refractivity contribution is 7.15. The van der Waals surface area contributed by atoms with E-state index in [1.54, 1.807) is 11.3 Å². The van der Waals surface area contributed by atoms with Gasteiger partial charge in [0.15, 0.2) is 5.13 Å². The highest BCUT2D eigenvalue weighted by Gasteiger charge is 2.33. The smallest absolute Gasteiger partial charge is 0.315 e. The molecule has 0 spiro atoms. The molecular weight excluding hydrogens is 288 g/mol. The molecule has 5 nitrogen and oxygen atoms in total. The lowest BCUT2D eigenvalue weighted by molar-refractivity contribution is -0.145. The van der Waals surface area contributed by atoms with Gasteiger partial charge in [-0.1, -0.05) is 6.92 Å². The van der Waals surface area contributed by atoms with E-state index in [-0.39, 0.29) is 11.9 Å². The zero-order chi connectivity index (χ0) is 15.1. The van der Waals surface area contributed by atoms with Crippen LogP contribution in [-0.2, 0) is 20.7 Å². The summed E-state index contributed by atoms with van der Waals surface area (Å²) in [6.45, 7) is 6.82. The lowest BCUT2D eigenvalue weighted by Crippen LogP contribution is -2.14. The van der Waals surface area contributed by atoms with Gasteiger partial charge < -0.3 is 14.8 Å². The molecule has 0 saturated heterocycles. The van der Waals surface area contributed by atoms with Crippen molar-refractivity contribution in [2.45, 2.75) is 45.4 Å². The molecule has 118 valence electrons. The van der Waals surface area contributed by atoms with E-state index in [0.29, 0.717) is 6.61 Å². The minimum atomic E-state index is -0.167. The maximum atomic E-state index is 11.9. The standard InChI is InChI=1S/C15H24N2O3S/c1-3-9-19-10-5-8-16-15-17-13-11(14(18)20-4-2)6-7-12(13)21-15/h11H,3-10H2,1-2H3,(H,16,17). The van der Waals surface area contributed by atoms with Crippen molar-refractivity contribution in [3.63, 3.8) is 0 Å². The van der Waals surface area contributed by atoms with Crippen LogP contribution in [0.5, 0.6) is 0 Å². The summed E-state index contributed by atoms with van der Waals surface area (Å²) >= 11 is 1.66. The summed E-state index contributed by atoms with van der Waals surface area (Å²) in [5.74, 6) is -0.305. The number of hydrogen-bond acceptors (Lipinski definition) is 6. The Balaban J connectivity index is 1.80. The minimum Gasteiger partial charge on any atom is -0.465 e. The first kappa shape index (κ1) is 16.2. The number of fused-ring (bicyclic) bond motifs is 1. The molecule has 0 fully saturated rings. The summed E-state index contributed by atoms with van der Waals surface area (Å²) in [6, 6.07) is 0. The first-order valence-corrected chi connectivity index (χ1v) is 8.55. The number of hydrogen-bond donors (Lipinski definition) is 1. The second-order valence-electron chi connectivity index (χ2n) is 5.06. The summed E-state index contributed by atoms with van der Waals surface area (Å²) < 4.78 is 10.6. The van der Waals surface area contributed by atoms with E-state index in [9.17, 15) is 4.79 Å². The first-order chi connectivity index (χ1) is 10.3. The molecule has 0 aromatic carbocycles. The fourth-order valence-electron chi connectivity index (χ4n) is 2.39. The zero-order valence-electron chi connectivity index (χ0n) is 12.8. The van der Waals surface area contributed by atoms with E-state index in [1.165, 1.54) is 4.88 Å². The third kappa shape index (κ3) is 4.41. The molecule has 0 radical (unpaired) electrons. The average Bonchev–Trinajstić information content (AvgIpc) is 3.02. The largest absolute Gasteiger partial charge is 0.465 e. The number of aryl methyl sites for hydroxylation is 1.